The number of halogens is 1. The van der Waals surface area contributed by atoms with E-state index in [1.54, 1.807) is 18.4 Å². The van der Waals surface area contributed by atoms with E-state index in [4.69, 9.17) is 4.74 Å². The van der Waals surface area contributed by atoms with Crippen molar-refractivity contribution in [1.82, 2.24) is 5.32 Å². The molecule has 2 nitrogen and oxygen atoms in total. The number of rotatable bonds is 6. The van der Waals surface area contributed by atoms with Gasteiger partial charge in [-0.3, -0.25) is 5.32 Å². The summed E-state index contributed by atoms with van der Waals surface area (Å²) in [6, 6.07) is 20.9. The predicted molar refractivity (Wildman–Crippen MR) is 105 cm³/mol. The van der Waals surface area contributed by atoms with Crippen LogP contribution in [0.25, 0.3) is 0 Å². The zero-order chi connectivity index (χ0) is 17.0. The summed E-state index contributed by atoms with van der Waals surface area (Å²) in [5.74, 6) is 0.880. The van der Waals surface area contributed by atoms with Crippen LogP contribution < -0.4 is 10.1 Å². The van der Waals surface area contributed by atoms with Crippen molar-refractivity contribution in [1.29, 1.82) is 0 Å². The zero-order valence-electron chi connectivity index (χ0n) is 13.8. The maximum absolute atomic E-state index is 5.23. The van der Waals surface area contributed by atoms with E-state index in [0.29, 0.717) is 0 Å². The highest BCUT2D eigenvalue weighted by molar-refractivity contribution is 9.10. The molecule has 0 aliphatic carbocycles. The summed E-state index contributed by atoms with van der Waals surface area (Å²) in [6.07, 6.45) is 0. The highest BCUT2D eigenvalue weighted by Crippen LogP contribution is 2.36. The molecule has 2 aromatic carbocycles. The lowest BCUT2D eigenvalue weighted by molar-refractivity contribution is 0.414. The summed E-state index contributed by atoms with van der Waals surface area (Å²) in [4.78, 5) is 1.29. The summed E-state index contributed by atoms with van der Waals surface area (Å²) in [5.41, 5.74) is 2.21. The Hall–Kier alpha value is -1.62. The summed E-state index contributed by atoms with van der Waals surface area (Å²) in [5, 5.41) is 5.87. The summed E-state index contributed by atoms with van der Waals surface area (Å²) >= 11 is 5.48. The normalized spacial score (nSPS) is 13.5. The van der Waals surface area contributed by atoms with Gasteiger partial charge in [-0.25, -0.2) is 0 Å². The van der Waals surface area contributed by atoms with Crippen LogP contribution in [-0.2, 0) is 12.1 Å². The predicted octanol–water partition coefficient (Wildman–Crippen LogP) is 5.57. The Morgan fingerprint density at radius 3 is 2.42 bits per heavy atom. The van der Waals surface area contributed by atoms with Crippen molar-refractivity contribution in [2.45, 2.75) is 19.0 Å². The second-order valence-corrected chi connectivity index (χ2v) is 7.59. The van der Waals surface area contributed by atoms with Crippen LogP contribution in [0.5, 0.6) is 5.75 Å². The van der Waals surface area contributed by atoms with E-state index >= 15 is 0 Å². The molecule has 1 aromatic heterocycles. The minimum Gasteiger partial charge on any atom is -0.497 e. The molecule has 0 amide bonds. The average Bonchev–Trinajstić information content (AvgIpc) is 3.16. The molecule has 1 N–H and O–H groups in total. The molecule has 0 aliphatic heterocycles. The van der Waals surface area contributed by atoms with E-state index in [0.717, 1.165) is 16.8 Å². The van der Waals surface area contributed by atoms with Crippen molar-refractivity contribution >= 4 is 27.3 Å². The minimum absolute atomic E-state index is 0.256. The Labute approximate surface area is 155 Å². The van der Waals surface area contributed by atoms with Crippen molar-refractivity contribution in [3.8, 4) is 5.75 Å². The Morgan fingerprint density at radius 2 is 1.79 bits per heavy atom. The number of hydrogen-bond acceptors (Lipinski definition) is 3. The number of ether oxygens (including phenoxy) is 1. The molecular formula is C20H20BrNOS. The van der Waals surface area contributed by atoms with Gasteiger partial charge in [0.25, 0.3) is 0 Å². The smallest absolute Gasteiger partial charge is 0.118 e. The molecule has 0 fully saturated rings. The average molecular weight is 402 g/mol. The number of thiophene rings is 1. The Kier molecular flexibility index (Phi) is 5.39. The van der Waals surface area contributed by atoms with Gasteiger partial charge >= 0.3 is 0 Å². The lowest BCUT2D eigenvalue weighted by Crippen LogP contribution is -2.39. The standard InChI is InChI=1S/C20H20BrNOS/c1-20(19-8-5-13-24-19,17-6-3-4-7-18(17)21)22-14-15-9-11-16(23-2)12-10-15/h3-13,22H,14H2,1-2H3. The molecule has 0 saturated carbocycles. The first-order chi connectivity index (χ1) is 11.6. The van der Waals surface area contributed by atoms with Crippen LogP contribution in [0.1, 0.15) is 22.9 Å². The van der Waals surface area contributed by atoms with Crippen LogP contribution >= 0.6 is 27.3 Å². The summed E-state index contributed by atoms with van der Waals surface area (Å²) in [7, 11) is 1.69. The van der Waals surface area contributed by atoms with Gasteiger partial charge in [0.05, 0.1) is 12.6 Å². The number of benzene rings is 2. The number of nitrogens with one attached hydrogen (secondary N) is 1. The molecule has 0 saturated heterocycles. The van der Waals surface area contributed by atoms with Crippen LogP contribution in [0, 0.1) is 0 Å². The van der Waals surface area contributed by atoms with Gasteiger partial charge in [0.2, 0.25) is 0 Å². The third kappa shape index (κ3) is 3.56. The van der Waals surface area contributed by atoms with Crippen molar-refractivity contribution in [3.63, 3.8) is 0 Å². The number of hydrogen-bond donors (Lipinski definition) is 1. The Balaban J connectivity index is 1.90. The third-order valence-corrected chi connectivity index (χ3v) is 6.01. The first-order valence-corrected chi connectivity index (χ1v) is 9.47. The minimum atomic E-state index is -0.256. The lowest BCUT2D eigenvalue weighted by atomic mass is 9.90. The molecular weight excluding hydrogens is 382 g/mol. The van der Waals surface area contributed by atoms with Gasteiger partial charge in [-0.05, 0) is 47.7 Å². The van der Waals surface area contributed by atoms with Crippen LogP contribution in [0.15, 0.2) is 70.5 Å². The van der Waals surface area contributed by atoms with Crippen LogP contribution in [-0.4, -0.2) is 7.11 Å². The van der Waals surface area contributed by atoms with E-state index in [2.05, 4.69) is 76.0 Å². The zero-order valence-corrected chi connectivity index (χ0v) is 16.2. The van der Waals surface area contributed by atoms with E-state index in [9.17, 15) is 0 Å². The van der Waals surface area contributed by atoms with Crippen molar-refractivity contribution in [2.24, 2.45) is 0 Å². The quantitative estimate of drug-likeness (QED) is 0.582. The van der Waals surface area contributed by atoms with Crippen LogP contribution in [0.4, 0.5) is 0 Å². The lowest BCUT2D eigenvalue weighted by Gasteiger charge is -2.32. The molecule has 4 heteroatoms. The summed E-state index contributed by atoms with van der Waals surface area (Å²) in [6.45, 7) is 3.02. The monoisotopic (exact) mass is 401 g/mol. The molecule has 1 heterocycles. The summed E-state index contributed by atoms with van der Waals surface area (Å²) < 4.78 is 6.35. The highest BCUT2D eigenvalue weighted by atomic mass is 79.9. The molecule has 1 unspecified atom stereocenters. The molecule has 1 atom stereocenters. The van der Waals surface area contributed by atoms with E-state index in [-0.39, 0.29) is 5.54 Å². The molecule has 0 aliphatic rings. The molecule has 24 heavy (non-hydrogen) atoms. The fraction of sp³-hybridized carbons (Fsp3) is 0.200. The second-order valence-electron chi connectivity index (χ2n) is 5.78. The van der Waals surface area contributed by atoms with Gasteiger partial charge in [0.15, 0.2) is 0 Å². The van der Waals surface area contributed by atoms with E-state index < -0.39 is 0 Å². The molecule has 0 bridgehead atoms. The highest BCUT2D eigenvalue weighted by Gasteiger charge is 2.31. The van der Waals surface area contributed by atoms with Gasteiger partial charge in [0, 0.05) is 15.9 Å². The third-order valence-electron chi connectivity index (χ3n) is 4.23. The molecule has 0 spiro atoms. The second kappa shape index (κ2) is 7.51. The van der Waals surface area contributed by atoms with Crippen LogP contribution in [0.3, 0.4) is 0 Å². The van der Waals surface area contributed by atoms with Gasteiger partial charge < -0.3 is 4.74 Å². The van der Waals surface area contributed by atoms with E-state index in [1.807, 2.05) is 18.2 Å². The first kappa shape index (κ1) is 17.2. The Bertz CT molecular complexity index is 786. The first-order valence-electron chi connectivity index (χ1n) is 7.80. The van der Waals surface area contributed by atoms with E-state index in [1.165, 1.54) is 16.0 Å². The maximum Gasteiger partial charge on any atom is 0.118 e. The van der Waals surface area contributed by atoms with Gasteiger partial charge in [-0.2, -0.15) is 0 Å². The fourth-order valence-corrected chi connectivity index (χ4v) is 4.33. The fourth-order valence-electron chi connectivity index (χ4n) is 2.77. The van der Waals surface area contributed by atoms with Gasteiger partial charge in [0.1, 0.15) is 5.75 Å². The van der Waals surface area contributed by atoms with Crippen molar-refractivity contribution in [3.05, 3.63) is 86.5 Å². The SMILES string of the molecule is COc1ccc(CNC(C)(c2cccs2)c2ccccc2Br)cc1. The van der Waals surface area contributed by atoms with Crippen molar-refractivity contribution < 1.29 is 4.74 Å². The molecule has 124 valence electrons. The van der Waals surface area contributed by atoms with Gasteiger partial charge in [-0.15, -0.1) is 11.3 Å². The Morgan fingerprint density at radius 1 is 1.04 bits per heavy atom. The van der Waals surface area contributed by atoms with Crippen LogP contribution in [0.2, 0.25) is 0 Å². The largest absolute Gasteiger partial charge is 0.497 e. The van der Waals surface area contributed by atoms with Crippen molar-refractivity contribution in [2.75, 3.05) is 7.11 Å². The molecule has 0 radical (unpaired) electrons. The van der Waals surface area contributed by atoms with Gasteiger partial charge in [-0.1, -0.05) is 52.3 Å². The maximum atomic E-state index is 5.23. The topological polar surface area (TPSA) is 21.3 Å². The number of methoxy groups -OCH3 is 1. The molecule has 3 aromatic rings. The molecule has 3 rings (SSSR count).